The van der Waals surface area contributed by atoms with Gasteiger partial charge < -0.3 is 22.0 Å². The first kappa shape index (κ1) is 11.1. The summed E-state index contributed by atoms with van der Waals surface area (Å²) >= 11 is 0. The number of hydrogen-bond donors (Lipinski definition) is 4. The van der Waals surface area contributed by atoms with Gasteiger partial charge in [0.1, 0.15) is 5.54 Å². The molecule has 0 aromatic heterocycles. The third-order valence-corrected chi connectivity index (χ3v) is 1.72. The van der Waals surface area contributed by atoms with Gasteiger partial charge in [-0.05, 0) is 25.6 Å². The number of hydrogen-bond acceptors (Lipinski definition) is 4. The van der Waals surface area contributed by atoms with Crippen LogP contribution >= 0.6 is 0 Å². The van der Waals surface area contributed by atoms with Crippen LogP contribution in [0.1, 0.15) is 19.3 Å². The van der Waals surface area contributed by atoms with Crippen LogP contribution in [-0.2, 0) is 4.79 Å². The van der Waals surface area contributed by atoms with E-state index in [1.807, 2.05) is 0 Å². The summed E-state index contributed by atoms with van der Waals surface area (Å²) in [5.41, 5.74) is 9.45. The summed E-state index contributed by atoms with van der Waals surface area (Å²) in [5, 5.41) is 15.5. The van der Waals surface area contributed by atoms with Gasteiger partial charge >= 0.3 is 5.97 Å². The van der Waals surface area contributed by atoms with Crippen LogP contribution in [0.5, 0.6) is 0 Å². The molecule has 0 aliphatic heterocycles. The van der Waals surface area contributed by atoms with E-state index in [4.69, 9.17) is 22.0 Å². The molecule has 0 amide bonds. The third-order valence-electron chi connectivity index (χ3n) is 1.72. The SMILES string of the molecule is N=CCC(N)(CCCN)C(=O)O. The Balaban J connectivity index is 4.17. The Labute approximate surface area is 71.2 Å². The van der Waals surface area contributed by atoms with Crippen molar-refractivity contribution in [3.63, 3.8) is 0 Å². The molecule has 0 aromatic rings. The highest BCUT2D eigenvalue weighted by atomic mass is 16.4. The van der Waals surface area contributed by atoms with Gasteiger partial charge in [-0.25, -0.2) is 0 Å². The minimum absolute atomic E-state index is 0.0579. The van der Waals surface area contributed by atoms with Crippen LogP contribution in [0.3, 0.4) is 0 Å². The summed E-state index contributed by atoms with van der Waals surface area (Å²) in [6, 6.07) is 0. The Hall–Kier alpha value is -0.940. The minimum atomic E-state index is -1.30. The number of nitrogens with two attached hydrogens (primary N) is 2. The first-order valence-corrected chi connectivity index (χ1v) is 3.78. The lowest BCUT2D eigenvalue weighted by Gasteiger charge is -2.21. The summed E-state index contributed by atoms with van der Waals surface area (Å²) < 4.78 is 0. The standard InChI is InChI=1S/C7H15N3O2/c8-4-1-2-7(10,3-5-9)6(11)12/h5,9H,1-4,8,10H2,(H,11,12). The van der Waals surface area contributed by atoms with E-state index in [1.165, 1.54) is 0 Å². The number of aliphatic carboxylic acids is 1. The van der Waals surface area contributed by atoms with Gasteiger partial charge in [-0.15, -0.1) is 0 Å². The van der Waals surface area contributed by atoms with E-state index in [-0.39, 0.29) is 6.42 Å². The van der Waals surface area contributed by atoms with E-state index in [0.29, 0.717) is 19.4 Å². The molecule has 1 atom stereocenters. The van der Waals surface area contributed by atoms with Crippen LogP contribution in [0.2, 0.25) is 0 Å². The number of nitrogens with one attached hydrogen (secondary N) is 1. The van der Waals surface area contributed by atoms with Crippen molar-refractivity contribution in [3.8, 4) is 0 Å². The van der Waals surface area contributed by atoms with Crippen molar-refractivity contribution in [2.75, 3.05) is 6.54 Å². The molecule has 0 saturated carbocycles. The van der Waals surface area contributed by atoms with E-state index in [0.717, 1.165) is 6.21 Å². The van der Waals surface area contributed by atoms with Gasteiger partial charge in [-0.3, -0.25) is 4.79 Å². The van der Waals surface area contributed by atoms with Crippen LogP contribution < -0.4 is 11.5 Å². The quantitative estimate of drug-likeness (QED) is 0.407. The van der Waals surface area contributed by atoms with E-state index in [1.54, 1.807) is 0 Å². The number of rotatable bonds is 6. The van der Waals surface area contributed by atoms with Crippen molar-refractivity contribution in [2.24, 2.45) is 11.5 Å². The molecule has 0 aliphatic rings. The summed E-state index contributed by atoms with van der Waals surface area (Å²) in [6.07, 6.45) is 1.96. The highest BCUT2D eigenvalue weighted by Gasteiger charge is 2.31. The monoisotopic (exact) mass is 173 g/mol. The molecule has 0 radical (unpaired) electrons. The Morgan fingerprint density at radius 2 is 2.25 bits per heavy atom. The molecule has 0 fully saturated rings. The predicted molar refractivity (Wildman–Crippen MR) is 46.2 cm³/mol. The first-order valence-electron chi connectivity index (χ1n) is 3.78. The van der Waals surface area contributed by atoms with Crippen molar-refractivity contribution in [3.05, 3.63) is 0 Å². The second-order valence-electron chi connectivity index (χ2n) is 2.76. The maximum absolute atomic E-state index is 10.6. The van der Waals surface area contributed by atoms with Crippen molar-refractivity contribution < 1.29 is 9.90 Å². The molecule has 5 heteroatoms. The summed E-state index contributed by atoms with van der Waals surface area (Å²) in [5.74, 6) is -1.07. The molecule has 0 spiro atoms. The van der Waals surface area contributed by atoms with Crippen molar-refractivity contribution >= 4 is 12.2 Å². The van der Waals surface area contributed by atoms with Gasteiger partial charge in [0.25, 0.3) is 0 Å². The lowest BCUT2D eigenvalue weighted by molar-refractivity contribution is -0.143. The first-order chi connectivity index (χ1) is 5.56. The van der Waals surface area contributed by atoms with Crippen LogP contribution in [0, 0.1) is 5.41 Å². The molecule has 0 heterocycles. The smallest absolute Gasteiger partial charge is 0.324 e. The molecule has 5 nitrogen and oxygen atoms in total. The van der Waals surface area contributed by atoms with Gasteiger partial charge in [0.2, 0.25) is 0 Å². The molecule has 0 aliphatic carbocycles. The van der Waals surface area contributed by atoms with Crippen LogP contribution in [0.15, 0.2) is 0 Å². The summed E-state index contributed by atoms with van der Waals surface area (Å²) in [6.45, 7) is 0.421. The van der Waals surface area contributed by atoms with Crippen LogP contribution in [0.25, 0.3) is 0 Å². The van der Waals surface area contributed by atoms with Gasteiger partial charge in [-0.2, -0.15) is 0 Å². The van der Waals surface area contributed by atoms with Crippen molar-refractivity contribution in [1.82, 2.24) is 0 Å². The average molecular weight is 173 g/mol. The average Bonchev–Trinajstić information content (AvgIpc) is 2.01. The third kappa shape index (κ3) is 2.98. The van der Waals surface area contributed by atoms with E-state index >= 15 is 0 Å². The van der Waals surface area contributed by atoms with Gasteiger partial charge in [0.05, 0.1) is 0 Å². The zero-order valence-electron chi connectivity index (χ0n) is 6.92. The summed E-state index contributed by atoms with van der Waals surface area (Å²) in [4.78, 5) is 10.6. The largest absolute Gasteiger partial charge is 0.480 e. The Bertz CT molecular complexity index is 172. The summed E-state index contributed by atoms with van der Waals surface area (Å²) in [7, 11) is 0. The number of carboxylic acids is 1. The second-order valence-corrected chi connectivity index (χ2v) is 2.76. The van der Waals surface area contributed by atoms with E-state index in [9.17, 15) is 4.79 Å². The molecular weight excluding hydrogens is 158 g/mol. The fourth-order valence-electron chi connectivity index (χ4n) is 0.896. The topological polar surface area (TPSA) is 113 Å². The lowest BCUT2D eigenvalue weighted by atomic mass is 9.91. The van der Waals surface area contributed by atoms with Crippen molar-refractivity contribution in [1.29, 1.82) is 5.41 Å². The molecule has 1 unspecified atom stereocenters. The van der Waals surface area contributed by atoms with E-state index in [2.05, 4.69) is 0 Å². The molecule has 0 aromatic carbocycles. The Kier molecular flexibility index (Phi) is 4.46. The lowest BCUT2D eigenvalue weighted by Crippen LogP contribution is -2.48. The second kappa shape index (κ2) is 4.84. The molecule has 6 N–H and O–H groups in total. The van der Waals surface area contributed by atoms with Gasteiger partial charge in [-0.1, -0.05) is 0 Å². The van der Waals surface area contributed by atoms with Gasteiger partial charge in [0, 0.05) is 6.42 Å². The molecule has 0 saturated heterocycles. The van der Waals surface area contributed by atoms with Crippen LogP contribution in [-0.4, -0.2) is 29.4 Å². The normalized spacial score (nSPS) is 15.2. The molecule has 12 heavy (non-hydrogen) atoms. The number of carbonyl (C=O) groups is 1. The molecular formula is C7H15N3O2. The zero-order valence-corrected chi connectivity index (χ0v) is 6.92. The molecule has 0 rings (SSSR count). The Morgan fingerprint density at radius 3 is 2.58 bits per heavy atom. The van der Waals surface area contributed by atoms with Gasteiger partial charge in [0.15, 0.2) is 0 Å². The highest BCUT2D eigenvalue weighted by Crippen LogP contribution is 2.12. The van der Waals surface area contributed by atoms with Crippen LogP contribution in [0.4, 0.5) is 0 Å². The minimum Gasteiger partial charge on any atom is -0.480 e. The predicted octanol–water partition coefficient (Wildman–Crippen LogP) is -0.453. The molecule has 70 valence electrons. The fraction of sp³-hybridized carbons (Fsp3) is 0.714. The zero-order chi connectivity index (χ0) is 9.61. The van der Waals surface area contributed by atoms with Crippen molar-refractivity contribution in [2.45, 2.75) is 24.8 Å². The number of carboxylic acid groups (broad SMARTS) is 1. The maximum atomic E-state index is 10.6. The fourth-order valence-corrected chi connectivity index (χ4v) is 0.896. The Morgan fingerprint density at radius 1 is 1.67 bits per heavy atom. The van der Waals surface area contributed by atoms with E-state index < -0.39 is 11.5 Å². The molecule has 0 bridgehead atoms. The maximum Gasteiger partial charge on any atom is 0.324 e. The highest BCUT2D eigenvalue weighted by molar-refractivity contribution is 5.82.